The summed E-state index contributed by atoms with van der Waals surface area (Å²) in [6, 6.07) is 19.0. The standard InChI is InChI=1S/C18H17N3OS/c1-12(13-6-3-2-4-7-13)20-18(22)16-11-10-15(23-16)14-8-5-9-17(19)21-14/h2-12H,1H3,(H2,19,21)(H,20,22)/t12-/m0/s1. The van der Waals surface area contributed by atoms with Gasteiger partial charge in [0.2, 0.25) is 0 Å². The quantitative estimate of drug-likeness (QED) is 0.765. The van der Waals surface area contributed by atoms with E-state index in [4.69, 9.17) is 5.73 Å². The van der Waals surface area contributed by atoms with Crippen LogP contribution >= 0.6 is 11.3 Å². The van der Waals surface area contributed by atoms with Gasteiger partial charge >= 0.3 is 0 Å². The predicted octanol–water partition coefficient (Wildman–Crippen LogP) is 3.88. The molecular weight excluding hydrogens is 306 g/mol. The largest absolute Gasteiger partial charge is 0.384 e. The molecule has 2 aromatic heterocycles. The van der Waals surface area contributed by atoms with E-state index in [-0.39, 0.29) is 11.9 Å². The zero-order valence-corrected chi connectivity index (χ0v) is 13.5. The zero-order chi connectivity index (χ0) is 16.2. The number of rotatable bonds is 4. The fourth-order valence-electron chi connectivity index (χ4n) is 2.28. The lowest BCUT2D eigenvalue weighted by Gasteiger charge is -2.13. The van der Waals surface area contributed by atoms with E-state index in [9.17, 15) is 4.79 Å². The van der Waals surface area contributed by atoms with E-state index in [0.29, 0.717) is 10.7 Å². The Labute approximate surface area is 139 Å². The van der Waals surface area contributed by atoms with Gasteiger partial charge in [0, 0.05) is 0 Å². The average molecular weight is 323 g/mol. The Hall–Kier alpha value is -2.66. The molecule has 0 unspecified atom stereocenters. The Balaban J connectivity index is 1.74. The smallest absolute Gasteiger partial charge is 0.261 e. The minimum atomic E-state index is -0.0819. The molecule has 0 aliphatic carbocycles. The average Bonchev–Trinajstić information content (AvgIpc) is 3.06. The van der Waals surface area contributed by atoms with Gasteiger partial charge in [-0.05, 0) is 36.8 Å². The molecule has 1 aromatic carbocycles. The zero-order valence-electron chi connectivity index (χ0n) is 12.7. The third-order valence-electron chi connectivity index (χ3n) is 3.50. The van der Waals surface area contributed by atoms with Crippen LogP contribution in [-0.2, 0) is 0 Å². The lowest BCUT2D eigenvalue weighted by Crippen LogP contribution is -2.25. The van der Waals surface area contributed by atoms with Gasteiger partial charge < -0.3 is 11.1 Å². The van der Waals surface area contributed by atoms with Crippen LogP contribution in [0.25, 0.3) is 10.6 Å². The van der Waals surface area contributed by atoms with E-state index in [1.807, 2.05) is 61.5 Å². The van der Waals surface area contributed by atoms with Crippen LogP contribution in [0.4, 0.5) is 5.82 Å². The van der Waals surface area contributed by atoms with E-state index >= 15 is 0 Å². The fourth-order valence-corrected chi connectivity index (χ4v) is 3.16. The summed E-state index contributed by atoms with van der Waals surface area (Å²) in [6.45, 7) is 1.97. The first-order valence-corrected chi connectivity index (χ1v) is 8.13. The second kappa shape index (κ2) is 6.62. The Kier molecular flexibility index (Phi) is 4.39. The van der Waals surface area contributed by atoms with E-state index < -0.39 is 0 Å². The molecule has 0 aliphatic heterocycles. The molecule has 0 saturated heterocycles. The Bertz CT molecular complexity index is 814. The van der Waals surface area contributed by atoms with Crippen LogP contribution in [0.1, 0.15) is 28.2 Å². The van der Waals surface area contributed by atoms with Crippen LogP contribution in [0.15, 0.2) is 60.7 Å². The molecule has 4 nitrogen and oxygen atoms in total. The van der Waals surface area contributed by atoms with Crippen molar-refractivity contribution >= 4 is 23.1 Å². The highest BCUT2D eigenvalue weighted by atomic mass is 32.1. The minimum absolute atomic E-state index is 0.0419. The summed E-state index contributed by atoms with van der Waals surface area (Å²) >= 11 is 1.41. The topological polar surface area (TPSA) is 68.0 Å². The Morgan fingerprint density at radius 1 is 1.09 bits per heavy atom. The summed E-state index contributed by atoms with van der Waals surface area (Å²) in [6.07, 6.45) is 0. The monoisotopic (exact) mass is 323 g/mol. The van der Waals surface area contributed by atoms with Gasteiger partial charge in [-0.25, -0.2) is 4.98 Å². The molecule has 2 heterocycles. The number of hydrogen-bond acceptors (Lipinski definition) is 4. The molecule has 1 atom stereocenters. The number of carbonyl (C=O) groups is 1. The number of anilines is 1. The fraction of sp³-hybridized carbons (Fsp3) is 0.111. The molecule has 0 spiro atoms. The molecule has 0 fully saturated rings. The number of nitrogens with zero attached hydrogens (tertiary/aromatic N) is 1. The van der Waals surface area contributed by atoms with Crippen molar-refractivity contribution in [3.8, 4) is 10.6 Å². The van der Waals surface area contributed by atoms with Gasteiger partial charge in [-0.15, -0.1) is 11.3 Å². The Morgan fingerprint density at radius 3 is 2.61 bits per heavy atom. The van der Waals surface area contributed by atoms with Gasteiger partial charge in [-0.1, -0.05) is 36.4 Å². The number of carbonyl (C=O) groups excluding carboxylic acids is 1. The van der Waals surface area contributed by atoms with Crippen LogP contribution < -0.4 is 11.1 Å². The van der Waals surface area contributed by atoms with Crippen LogP contribution in [0, 0.1) is 0 Å². The molecular formula is C18H17N3OS. The van der Waals surface area contributed by atoms with Crippen molar-refractivity contribution in [2.24, 2.45) is 0 Å². The van der Waals surface area contributed by atoms with E-state index in [2.05, 4.69) is 10.3 Å². The second-order valence-electron chi connectivity index (χ2n) is 5.22. The number of hydrogen-bond donors (Lipinski definition) is 2. The number of pyridine rings is 1. The number of benzene rings is 1. The van der Waals surface area contributed by atoms with Crippen LogP contribution in [0.2, 0.25) is 0 Å². The molecule has 3 rings (SSSR count). The molecule has 1 amide bonds. The first-order chi connectivity index (χ1) is 11.1. The molecule has 0 aliphatic rings. The summed E-state index contributed by atoms with van der Waals surface area (Å²) in [4.78, 5) is 18.3. The van der Waals surface area contributed by atoms with E-state index in [1.165, 1.54) is 11.3 Å². The molecule has 3 aromatic rings. The maximum absolute atomic E-state index is 12.4. The lowest BCUT2D eigenvalue weighted by atomic mass is 10.1. The normalized spacial score (nSPS) is 11.9. The third kappa shape index (κ3) is 3.57. The van der Waals surface area contributed by atoms with Gasteiger partial charge in [0.15, 0.2) is 0 Å². The molecule has 5 heteroatoms. The van der Waals surface area contributed by atoms with Crippen molar-refractivity contribution in [1.29, 1.82) is 0 Å². The van der Waals surface area contributed by atoms with Gasteiger partial charge in [-0.2, -0.15) is 0 Å². The van der Waals surface area contributed by atoms with Gasteiger partial charge in [0.25, 0.3) is 5.91 Å². The first kappa shape index (κ1) is 15.2. The van der Waals surface area contributed by atoms with Gasteiger partial charge in [0.1, 0.15) is 5.82 Å². The number of nitrogens with two attached hydrogens (primary N) is 1. The van der Waals surface area contributed by atoms with Gasteiger partial charge in [0.05, 0.1) is 21.5 Å². The summed E-state index contributed by atoms with van der Waals surface area (Å²) < 4.78 is 0. The molecule has 3 N–H and O–H groups in total. The van der Waals surface area contributed by atoms with Crippen LogP contribution in [0.5, 0.6) is 0 Å². The van der Waals surface area contributed by atoms with Crippen molar-refractivity contribution < 1.29 is 4.79 Å². The number of aromatic nitrogens is 1. The SMILES string of the molecule is C[C@H](NC(=O)c1ccc(-c2cccc(N)n2)s1)c1ccccc1. The van der Waals surface area contributed by atoms with E-state index in [0.717, 1.165) is 16.1 Å². The van der Waals surface area contributed by atoms with Crippen molar-refractivity contribution in [1.82, 2.24) is 10.3 Å². The first-order valence-electron chi connectivity index (χ1n) is 7.32. The maximum atomic E-state index is 12.4. The maximum Gasteiger partial charge on any atom is 0.261 e. The minimum Gasteiger partial charge on any atom is -0.384 e. The Morgan fingerprint density at radius 2 is 1.87 bits per heavy atom. The van der Waals surface area contributed by atoms with Crippen LogP contribution in [0.3, 0.4) is 0 Å². The van der Waals surface area contributed by atoms with Crippen molar-refractivity contribution in [3.05, 3.63) is 71.1 Å². The lowest BCUT2D eigenvalue weighted by molar-refractivity contribution is 0.0944. The van der Waals surface area contributed by atoms with Crippen molar-refractivity contribution in [2.75, 3.05) is 5.73 Å². The number of nitrogen functional groups attached to an aromatic ring is 1. The highest BCUT2D eigenvalue weighted by molar-refractivity contribution is 7.17. The third-order valence-corrected chi connectivity index (χ3v) is 4.61. The van der Waals surface area contributed by atoms with Crippen LogP contribution in [-0.4, -0.2) is 10.9 Å². The number of thiophene rings is 1. The number of amides is 1. The molecule has 0 radical (unpaired) electrons. The second-order valence-corrected chi connectivity index (χ2v) is 6.30. The summed E-state index contributed by atoms with van der Waals surface area (Å²) in [7, 11) is 0. The van der Waals surface area contributed by atoms with Crippen molar-refractivity contribution in [2.45, 2.75) is 13.0 Å². The van der Waals surface area contributed by atoms with E-state index in [1.54, 1.807) is 6.07 Å². The van der Waals surface area contributed by atoms with Gasteiger partial charge in [-0.3, -0.25) is 4.79 Å². The predicted molar refractivity (Wildman–Crippen MR) is 94.3 cm³/mol. The summed E-state index contributed by atoms with van der Waals surface area (Å²) in [5.41, 5.74) is 7.57. The highest BCUT2D eigenvalue weighted by Crippen LogP contribution is 2.27. The molecule has 0 saturated carbocycles. The van der Waals surface area contributed by atoms with Crippen molar-refractivity contribution in [3.63, 3.8) is 0 Å². The highest BCUT2D eigenvalue weighted by Gasteiger charge is 2.14. The molecule has 0 bridgehead atoms. The summed E-state index contributed by atoms with van der Waals surface area (Å²) in [5, 5.41) is 3.02. The number of nitrogens with one attached hydrogen (secondary N) is 1. The molecule has 116 valence electrons. The molecule has 23 heavy (non-hydrogen) atoms. The summed E-state index contributed by atoms with van der Waals surface area (Å²) in [5.74, 6) is 0.390.